The molecule has 6 rings (SSSR count). The highest BCUT2D eigenvalue weighted by atomic mass is 35.5. The van der Waals surface area contributed by atoms with Crippen molar-refractivity contribution >= 4 is 46.5 Å². The molecule has 176 valence electrons. The van der Waals surface area contributed by atoms with Crippen LogP contribution in [0.15, 0.2) is 50.4 Å². The number of nitrogens with one attached hydrogen (secondary N) is 1. The Morgan fingerprint density at radius 3 is 2.82 bits per heavy atom. The number of aliphatic hydroxyl groups excluding tert-OH is 1. The maximum atomic E-state index is 9.94. The van der Waals surface area contributed by atoms with E-state index in [0.717, 1.165) is 43.2 Å². The van der Waals surface area contributed by atoms with Gasteiger partial charge >= 0.3 is 0 Å². The van der Waals surface area contributed by atoms with Gasteiger partial charge in [0.25, 0.3) is 0 Å². The van der Waals surface area contributed by atoms with Gasteiger partial charge in [-0.15, -0.1) is 0 Å². The maximum absolute atomic E-state index is 9.94. The molecule has 2 aromatic heterocycles. The van der Waals surface area contributed by atoms with E-state index in [4.69, 9.17) is 22.3 Å². The van der Waals surface area contributed by atoms with Crippen molar-refractivity contribution in [3.05, 3.63) is 51.5 Å². The van der Waals surface area contributed by atoms with Crippen molar-refractivity contribution in [2.45, 2.75) is 49.7 Å². The lowest BCUT2D eigenvalue weighted by atomic mass is 9.73. The van der Waals surface area contributed by atoms with E-state index in [0.29, 0.717) is 22.7 Å². The number of dihydropyridines is 1. The van der Waals surface area contributed by atoms with Gasteiger partial charge in [-0.3, -0.25) is 0 Å². The third kappa shape index (κ3) is 3.66. The number of halogens is 1. The summed E-state index contributed by atoms with van der Waals surface area (Å²) in [6.45, 7) is 3.72. The van der Waals surface area contributed by atoms with Gasteiger partial charge in [0.1, 0.15) is 10.1 Å². The lowest BCUT2D eigenvalue weighted by Crippen LogP contribution is -2.44. The van der Waals surface area contributed by atoms with Gasteiger partial charge in [0, 0.05) is 30.5 Å². The van der Waals surface area contributed by atoms with E-state index in [9.17, 15) is 5.11 Å². The molecule has 0 amide bonds. The molecular weight excluding hydrogens is 470 g/mol. The zero-order valence-electron chi connectivity index (χ0n) is 18.8. The van der Waals surface area contributed by atoms with E-state index in [1.165, 1.54) is 22.9 Å². The van der Waals surface area contributed by atoms with Crippen LogP contribution < -0.4 is 10.6 Å². The van der Waals surface area contributed by atoms with Crippen molar-refractivity contribution in [2.75, 3.05) is 18.0 Å². The smallest absolute Gasteiger partial charge is 0.226 e. The fourth-order valence-electron chi connectivity index (χ4n) is 5.44. The number of imidazole rings is 1. The van der Waals surface area contributed by atoms with Crippen LogP contribution in [0.5, 0.6) is 0 Å². The first kappa shape index (κ1) is 21.9. The van der Waals surface area contributed by atoms with Gasteiger partial charge in [0.2, 0.25) is 11.8 Å². The van der Waals surface area contributed by atoms with Crippen LogP contribution in [0.25, 0.3) is 11.3 Å². The number of aromatic amines is 1. The molecule has 1 aliphatic carbocycles. The van der Waals surface area contributed by atoms with Gasteiger partial charge in [-0.05, 0) is 42.7 Å². The number of anilines is 1. The molecule has 1 unspecified atom stereocenters. The highest BCUT2D eigenvalue weighted by Crippen LogP contribution is 2.50. The van der Waals surface area contributed by atoms with E-state index in [1.807, 2.05) is 6.92 Å². The Hall–Kier alpha value is -2.62. The number of aliphatic hydroxyl groups is 1. The number of nitrogens with two attached hydrogens (primary N) is 1. The lowest BCUT2D eigenvalue weighted by Gasteiger charge is -2.42. The van der Waals surface area contributed by atoms with E-state index >= 15 is 0 Å². The number of H-pyrrole nitrogens is 1. The predicted molar refractivity (Wildman–Crippen MR) is 136 cm³/mol. The number of hydrogen-bond donors (Lipinski definition) is 3. The van der Waals surface area contributed by atoms with E-state index in [-0.39, 0.29) is 28.4 Å². The molecule has 3 aliphatic rings. The minimum atomic E-state index is -0.119. The van der Waals surface area contributed by atoms with Crippen molar-refractivity contribution in [2.24, 2.45) is 16.1 Å². The summed E-state index contributed by atoms with van der Waals surface area (Å²) in [7, 11) is 0. The SMILES string of the molecule is CC1CC(Sc2cnc3[nH]c(N4CCC5(CC4)Cc4ccccc4[C@H]5N)nc3n2)=C(Cl)C(O)=N1. The average Bonchev–Trinajstić information content (AvgIpc) is 3.37. The number of aliphatic imine (C=N–C) groups is 1. The Morgan fingerprint density at radius 1 is 1.24 bits per heavy atom. The molecule has 0 radical (unpaired) electrons. The number of fused-ring (bicyclic) bond motifs is 2. The van der Waals surface area contributed by atoms with Crippen LogP contribution in [0.3, 0.4) is 0 Å². The normalized spacial score (nSPS) is 24.1. The second-order valence-electron chi connectivity index (χ2n) is 9.49. The molecule has 10 heteroatoms. The van der Waals surface area contributed by atoms with Crippen molar-refractivity contribution in [1.29, 1.82) is 0 Å². The Morgan fingerprint density at radius 2 is 2.03 bits per heavy atom. The van der Waals surface area contributed by atoms with Crippen LogP contribution in [0.2, 0.25) is 0 Å². The Labute approximate surface area is 206 Å². The first-order valence-electron chi connectivity index (χ1n) is 11.6. The lowest BCUT2D eigenvalue weighted by molar-refractivity contribution is 0.187. The topological polar surface area (TPSA) is 116 Å². The van der Waals surface area contributed by atoms with E-state index < -0.39 is 0 Å². The number of rotatable bonds is 3. The Kier molecular flexibility index (Phi) is 5.31. The monoisotopic (exact) mass is 495 g/mol. The van der Waals surface area contributed by atoms with E-state index in [1.54, 1.807) is 6.20 Å². The van der Waals surface area contributed by atoms with Gasteiger partial charge in [0.05, 0.1) is 12.2 Å². The zero-order chi connectivity index (χ0) is 23.4. The molecule has 4 N–H and O–H groups in total. The van der Waals surface area contributed by atoms with Crippen LogP contribution in [0, 0.1) is 5.41 Å². The number of nitrogens with zero attached hydrogens (tertiary/aromatic N) is 5. The van der Waals surface area contributed by atoms with Gasteiger partial charge in [0.15, 0.2) is 11.3 Å². The third-order valence-electron chi connectivity index (χ3n) is 7.32. The number of thioether (sulfide) groups is 1. The van der Waals surface area contributed by atoms with Gasteiger partial charge in [-0.2, -0.15) is 4.98 Å². The van der Waals surface area contributed by atoms with Crippen molar-refractivity contribution in [1.82, 2.24) is 19.9 Å². The van der Waals surface area contributed by atoms with Gasteiger partial charge in [-0.25, -0.2) is 15.0 Å². The van der Waals surface area contributed by atoms with Crippen LogP contribution >= 0.6 is 23.4 Å². The third-order valence-corrected chi connectivity index (χ3v) is 8.85. The summed E-state index contributed by atoms with van der Waals surface area (Å²) in [5.41, 5.74) is 10.8. The van der Waals surface area contributed by atoms with Crippen LogP contribution in [-0.2, 0) is 6.42 Å². The van der Waals surface area contributed by atoms with Crippen molar-refractivity contribution < 1.29 is 5.11 Å². The van der Waals surface area contributed by atoms with Crippen LogP contribution in [0.4, 0.5) is 5.95 Å². The van der Waals surface area contributed by atoms with Crippen LogP contribution in [-0.4, -0.2) is 50.1 Å². The molecule has 1 aromatic carbocycles. The molecule has 8 nitrogen and oxygen atoms in total. The standard InChI is InChI=1S/C24H26ClN7OS/c1-13-10-16(18(25)22(33)28-13)34-17-12-27-20-21(29-17)31-23(30-20)32-8-6-24(7-9-32)11-14-4-2-3-5-15(14)19(24)26/h2-5,12-13,19H,6-11,26H2,1H3,(H,28,33)(H,27,29,30,31)/t13?,19-/m1/s1. The summed E-state index contributed by atoms with van der Waals surface area (Å²) in [4.78, 5) is 24.5. The largest absolute Gasteiger partial charge is 0.492 e. The molecule has 1 saturated heterocycles. The fourth-order valence-corrected chi connectivity index (χ4v) is 6.68. The maximum Gasteiger partial charge on any atom is 0.226 e. The second kappa shape index (κ2) is 8.25. The first-order valence-corrected chi connectivity index (χ1v) is 12.8. The first-order chi connectivity index (χ1) is 16.4. The summed E-state index contributed by atoms with van der Waals surface area (Å²) >= 11 is 7.65. The predicted octanol–water partition coefficient (Wildman–Crippen LogP) is 4.49. The molecule has 4 heterocycles. The quantitative estimate of drug-likeness (QED) is 0.490. The fraction of sp³-hybridized carbons (Fsp3) is 0.417. The zero-order valence-corrected chi connectivity index (χ0v) is 20.4. The van der Waals surface area contributed by atoms with Crippen molar-refractivity contribution in [3.63, 3.8) is 0 Å². The van der Waals surface area contributed by atoms with Crippen LogP contribution in [0.1, 0.15) is 43.4 Å². The molecule has 2 aliphatic heterocycles. The summed E-state index contributed by atoms with van der Waals surface area (Å²) in [6, 6.07) is 8.66. The number of hydrogen-bond acceptors (Lipinski definition) is 7. The molecule has 34 heavy (non-hydrogen) atoms. The number of piperidine rings is 1. The second-order valence-corrected chi connectivity index (χ2v) is 11.0. The summed E-state index contributed by atoms with van der Waals surface area (Å²) in [5, 5.41) is 10.9. The minimum Gasteiger partial charge on any atom is -0.492 e. The molecule has 2 atom stereocenters. The average molecular weight is 496 g/mol. The summed E-state index contributed by atoms with van der Waals surface area (Å²) < 4.78 is 0. The number of benzene rings is 1. The summed E-state index contributed by atoms with van der Waals surface area (Å²) in [5.74, 6) is 0.677. The molecular formula is C24H26ClN7OS. The highest BCUT2D eigenvalue weighted by Gasteiger charge is 2.46. The molecule has 1 fully saturated rings. The van der Waals surface area contributed by atoms with Gasteiger partial charge in [-0.1, -0.05) is 47.6 Å². The minimum absolute atomic E-state index is 0.0261. The van der Waals surface area contributed by atoms with Crippen molar-refractivity contribution in [3.8, 4) is 0 Å². The highest BCUT2D eigenvalue weighted by molar-refractivity contribution is 8.03. The van der Waals surface area contributed by atoms with Gasteiger partial charge < -0.3 is 20.7 Å². The summed E-state index contributed by atoms with van der Waals surface area (Å²) in [6.07, 6.45) is 5.47. The van der Waals surface area contributed by atoms with E-state index in [2.05, 4.69) is 49.1 Å². The Bertz CT molecular complexity index is 1330. The molecule has 0 bridgehead atoms. The number of aromatic nitrogens is 4. The molecule has 0 saturated carbocycles. The Balaban J connectivity index is 1.18. The molecule has 3 aromatic rings. The molecule has 1 spiro atoms.